The van der Waals surface area contributed by atoms with Crippen molar-refractivity contribution >= 4 is 5.91 Å². The number of piperidine rings is 1. The summed E-state index contributed by atoms with van der Waals surface area (Å²) in [5, 5.41) is 0. The van der Waals surface area contributed by atoms with Gasteiger partial charge in [-0.2, -0.15) is 0 Å². The quantitative estimate of drug-likeness (QED) is 0.722. The molecule has 1 radical (unpaired) electrons. The van der Waals surface area contributed by atoms with Gasteiger partial charge in [0.25, 0.3) is 0 Å². The van der Waals surface area contributed by atoms with Crippen molar-refractivity contribution in [2.45, 2.75) is 32.1 Å². The molecule has 0 spiro atoms. The van der Waals surface area contributed by atoms with E-state index in [-0.39, 0.29) is 0 Å². The van der Waals surface area contributed by atoms with Crippen LogP contribution in [0.15, 0.2) is 0 Å². The van der Waals surface area contributed by atoms with Gasteiger partial charge >= 0.3 is 0 Å². The van der Waals surface area contributed by atoms with E-state index < -0.39 is 0 Å². The van der Waals surface area contributed by atoms with Crippen molar-refractivity contribution in [1.29, 1.82) is 0 Å². The smallest absolute Gasteiger partial charge is 0.222 e. The molecule has 1 amide bonds. The van der Waals surface area contributed by atoms with Crippen molar-refractivity contribution in [2.75, 3.05) is 32.7 Å². The van der Waals surface area contributed by atoms with Gasteiger partial charge in [-0.3, -0.25) is 4.79 Å². The van der Waals surface area contributed by atoms with Crippen molar-refractivity contribution in [3.8, 4) is 0 Å². The van der Waals surface area contributed by atoms with E-state index in [0.717, 1.165) is 38.4 Å². The molecule has 0 aromatic carbocycles. The Balaban J connectivity index is 1.70. The van der Waals surface area contributed by atoms with Gasteiger partial charge in [-0.15, -0.1) is 0 Å². The highest BCUT2D eigenvalue weighted by Crippen LogP contribution is 2.20. The van der Waals surface area contributed by atoms with Crippen LogP contribution >= 0.6 is 0 Å². The SMILES string of the molecule is [CH2]CN1CCC[C@@H](CCN2CCCC2=O)C1. The molecule has 91 valence electrons. The Hall–Kier alpha value is -0.570. The highest BCUT2D eigenvalue weighted by molar-refractivity contribution is 5.77. The number of carbonyl (C=O) groups is 1. The van der Waals surface area contributed by atoms with Crippen LogP contribution in [-0.4, -0.2) is 48.4 Å². The van der Waals surface area contributed by atoms with E-state index in [4.69, 9.17) is 0 Å². The van der Waals surface area contributed by atoms with Crippen LogP contribution in [0.1, 0.15) is 32.1 Å². The predicted octanol–water partition coefficient (Wildman–Crippen LogP) is 1.54. The molecule has 0 aromatic rings. The molecule has 2 aliphatic heterocycles. The van der Waals surface area contributed by atoms with Gasteiger partial charge in [0, 0.05) is 26.1 Å². The predicted molar refractivity (Wildman–Crippen MR) is 65.0 cm³/mol. The first kappa shape index (κ1) is 11.9. The molecule has 3 nitrogen and oxygen atoms in total. The summed E-state index contributed by atoms with van der Waals surface area (Å²) in [4.78, 5) is 15.9. The van der Waals surface area contributed by atoms with Crippen LogP contribution in [0.3, 0.4) is 0 Å². The second-order valence-electron chi connectivity index (χ2n) is 5.08. The molecule has 3 heteroatoms. The van der Waals surface area contributed by atoms with Crippen LogP contribution in [-0.2, 0) is 4.79 Å². The summed E-state index contributed by atoms with van der Waals surface area (Å²) in [6.45, 7) is 9.25. The fourth-order valence-electron chi connectivity index (χ4n) is 2.87. The Bertz CT molecular complexity index is 242. The number of hydrogen-bond donors (Lipinski definition) is 0. The van der Waals surface area contributed by atoms with E-state index in [1.165, 1.54) is 32.4 Å². The van der Waals surface area contributed by atoms with Crippen molar-refractivity contribution in [3.63, 3.8) is 0 Å². The van der Waals surface area contributed by atoms with Crippen molar-refractivity contribution in [1.82, 2.24) is 9.80 Å². The molecule has 0 unspecified atom stereocenters. The first-order valence-corrected chi connectivity index (χ1v) is 6.59. The molecular formula is C13H23N2O. The topological polar surface area (TPSA) is 23.6 Å². The molecule has 0 aliphatic carbocycles. The largest absolute Gasteiger partial charge is 0.343 e. The average Bonchev–Trinajstić information content (AvgIpc) is 2.72. The number of nitrogens with zero attached hydrogens (tertiary/aromatic N) is 2. The van der Waals surface area contributed by atoms with Gasteiger partial charge in [0.2, 0.25) is 5.91 Å². The first-order chi connectivity index (χ1) is 7.79. The number of likely N-dealkylation sites (tertiary alicyclic amines) is 2. The fraction of sp³-hybridized carbons (Fsp3) is 0.846. The Morgan fingerprint density at radius 1 is 1.31 bits per heavy atom. The number of rotatable bonds is 4. The average molecular weight is 223 g/mol. The summed E-state index contributed by atoms with van der Waals surface area (Å²) < 4.78 is 0. The van der Waals surface area contributed by atoms with Gasteiger partial charge in [-0.1, -0.05) is 0 Å². The molecule has 2 heterocycles. The lowest BCUT2D eigenvalue weighted by atomic mass is 9.94. The second kappa shape index (κ2) is 5.67. The molecular weight excluding hydrogens is 200 g/mol. The monoisotopic (exact) mass is 223 g/mol. The maximum absolute atomic E-state index is 11.5. The Labute approximate surface area is 98.8 Å². The van der Waals surface area contributed by atoms with E-state index in [0.29, 0.717) is 5.91 Å². The van der Waals surface area contributed by atoms with Gasteiger partial charge in [0.15, 0.2) is 0 Å². The summed E-state index contributed by atoms with van der Waals surface area (Å²) >= 11 is 0. The molecule has 0 saturated carbocycles. The van der Waals surface area contributed by atoms with Crippen LogP contribution in [0, 0.1) is 12.8 Å². The first-order valence-electron chi connectivity index (χ1n) is 6.59. The normalized spacial score (nSPS) is 27.7. The molecule has 0 bridgehead atoms. The highest BCUT2D eigenvalue weighted by Gasteiger charge is 2.23. The lowest BCUT2D eigenvalue weighted by molar-refractivity contribution is -0.127. The second-order valence-corrected chi connectivity index (χ2v) is 5.08. The minimum absolute atomic E-state index is 0.366. The fourth-order valence-corrected chi connectivity index (χ4v) is 2.87. The van der Waals surface area contributed by atoms with E-state index in [9.17, 15) is 4.79 Å². The van der Waals surface area contributed by atoms with Gasteiger partial charge in [-0.25, -0.2) is 0 Å². The van der Waals surface area contributed by atoms with E-state index in [1.54, 1.807) is 0 Å². The highest BCUT2D eigenvalue weighted by atomic mass is 16.2. The van der Waals surface area contributed by atoms with Crippen LogP contribution in [0.4, 0.5) is 0 Å². The Morgan fingerprint density at radius 2 is 2.19 bits per heavy atom. The van der Waals surface area contributed by atoms with Gasteiger partial charge < -0.3 is 9.80 Å². The molecule has 2 fully saturated rings. The third kappa shape index (κ3) is 2.97. The maximum Gasteiger partial charge on any atom is 0.222 e. The third-order valence-electron chi connectivity index (χ3n) is 3.90. The molecule has 2 aliphatic rings. The lowest BCUT2D eigenvalue weighted by Gasteiger charge is -2.32. The van der Waals surface area contributed by atoms with E-state index >= 15 is 0 Å². The number of amides is 1. The number of hydrogen-bond acceptors (Lipinski definition) is 2. The van der Waals surface area contributed by atoms with E-state index in [1.807, 2.05) is 4.90 Å². The minimum atomic E-state index is 0.366. The van der Waals surface area contributed by atoms with E-state index in [2.05, 4.69) is 11.8 Å². The van der Waals surface area contributed by atoms with Crippen LogP contribution < -0.4 is 0 Å². The van der Waals surface area contributed by atoms with Crippen LogP contribution in [0.5, 0.6) is 0 Å². The standard InChI is InChI=1S/C13H23N2O/c1-2-14-8-3-5-12(11-14)7-10-15-9-4-6-13(15)16/h12H,1-11H2/t12-/m0/s1. The van der Waals surface area contributed by atoms with Crippen molar-refractivity contribution < 1.29 is 4.79 Å². The molecule has 2 rings (SSSR count). The Kier molecular flexibility index (Phi) is 4.22. The van der Waals surface area contributed by atoms with Crippen molar-refractivity contribution in [2.24, 2.45) is 5.92 Å². The van der Waals surface area contributed by atoms with Crippen LogP contribution in [0.25, 0.3) is 0 Å². The summed E-state index contributed by atoms with van der Waals surface area (Å²) in [5.41, 5.74) is 0. The summed E-state index contributed by atoms with van der Waals surface area (Å²) in [7, 11) is 0. The summed E-state index contributed by atoms with van der Waals surface area (Å²) in [5.74, 6) is 1.15. The zero-order valence-corrected chi connectivity index (χ0v) is 10.2. The molecule has 1 atom stereocenters. The maximum atomic E-state index is 11.5. The van der Waals surface area contributed by atoms with Gasteiger partial charge in [0.1, 0.15) is 0 Å². The number of carbonyl (C=O) groups excluding carboxylic acids is 1. The zero-order valence-electron chi connectivity index (χ0n) is 10.2. The molecule has 0 aromatic heterocycles. The lowest BCUT2D eigenvalue weighted by Crippen LogP contribution is -2.37. The zero-order chi connectivity index (χ0) is 11.4. The summed E-state index contributed by atoms with van der Waals surface area (Å²) in [6.07, 6.45) is 5.65. The molecule has 0 N–H and O–H groups in total. The van der Waals surface area contributed by atoms with Crippen molar-refractivity contribution in [3.05, 3.63) is 6.92 Å². The molecule has 2 saturated heterocycles. The molecule has 16 heavy (non-hydrogen) atoms. The van der Waals surface area contributed by atoms with Crippen LogP contribution in [0.2, 0.25) is 0 Å². The van der Waals surface area contributed by atoms with Gasteiger partial charge in [-0.05, 0) is 51.6 Å². The third-order valence-corrected chi connectivity index (χ3v) is 3.90. The van der Waals surface area contributed by atoms with Gasteiger partial charge in [0.05, 0.1) is 0 Å². The Morgan fingerprint density at radius 3 is 2.88 bits per heavy atom. The summed E-state index contributed by atoms with van der Waals surface area (Å²) in [6, 6.07) is 0. The minimum Gasteiger partial charge on any atom is -0.343 e.